The van der Waals surface area contributed by atoms with Gasteiger partial charge >= 0.3 is 0 Å². The van der Waals surface area contributed by atoms with Crippen molar-refractivity contribution in [2.75, 3.05) is 4.72 Å². The number of nitrogens with one attached hydrogen (secondary N) is 1. The number of likely N-dealkylation sites (tertiary alicyclic amines) is 1. The molecule has 1 heterocycles. The number of hydrogen-bond donors (Lipinski definition) is 1. The summed E-state index contributed by atoms with van der Waals surface area (Å²) in [5.41, 5.74) is 0.876. The molecule has 30 heavy (non-hydrogen) atoms. The minimum Gasteiger partial charge on any atom is -0.278 e. The highest BCUT2D eigenvalue weighted by molar-refractivity contribution is 7.92. The quantitative estimate of drug-likeness (QED) is 0.735. The van der Waals surface area contributed by atoms with E-state index in [2.05, 4.69) is 4.72 Å². The topological polar surface area (TPSA) is 83.6 Å². The fourth-order valence-electron chi connectivity index (χ4n) is 4.35. The van der Waals surface area contributed by atoms with E-state index in [9.17, 15) is 22.4 Å². The van der Waals surface area contributed by atoms with Crippen molar-refractivity contribution in [2.24, 2.45) is 11.8 Å². The Labute approximate surface area is 175 Å². The number of anilines is 1. The lowest BCUT2D eigenvalue weighted by Gasteiger charge is -2.19. The molecule has 2 aromatic rings. The zero-order valence-electron chi connectivity index (χ0n) is 16.6. The maximum Gasteiger partial charge on any atom is 0.262 e. The lowest BCUT2D eigenvalue weighted by atomic mass is 9.81. The third-order valence-corrected chi connectivity index (χ3v) is 7.44. The molecule has 4 rings (SSSR count). The molecule has 8 heteroatoms. The molecule has 2 atom stereocenters. The third-order valence-electron chi connectivity index (χ3n) is 5.93. The van der Waals surface area contributed by atoms with Crippen molar-refractivity contribution in [3.8, 4) is 0 Å². The molecule has 2 aliphatic rings. The molecule has 2 fully saturated rings. The van der Waals surface area contributed by atoms with E-state index < -0.39 is 15.8 Å². The van der Waals surface area contributed by atoms with Crippen molar-refractivity contribution in [1.82, 2.24) is 4.90 Å². The van der Waals surface area contributed by atoms with Gasteiger partial charge in [-0.2, -0.15) is 0 Å². The molecule has 0 radical (unpaired) electrons. The minimum absolute atomic E-state index is 0.0141. The molecule has 1 aliphatic carbocycles. The summed E-state index contributed by atoms with van der Waals surface area (Å²) >= 11 is 0. The number of rotatable bonds is 5. The maximum absolute atomic E-state index is 13.9. The first-order chi connectivity index (χ1) is 14.3. The van der Waals surface area contributed by atoms with Crippen molar-refractivity contribution < 1.29 is 22.4 Å². The average molecular weight is 431 g/mol. The summed E-state index contributed by atoms with van der Waals surface area (Å²) in [7, 11) is -4.05. The van der Waals surface area contributed by atoms with Gasteiger partial charge in [-0.25, -0.2) is 12.8 Å². The molecular weight excluding hydrogens is 407 g/mol. The Hall–Kier alpha value is -2.74. The number of benzene rings is 2. The van der Waals surface area contributed by atoms with Crippen LogP contribution in [0, 0.1) is 24.6 Å². The van der Waals surface area contributed by atoms with Crippen LogP contribution in [0.3, 0.4) is 0 Å². The van der Waals surface area contributed by atoms with Gasteiger partial charge in [0.15, 0.2) is 0 Å². The molecule has 1 saturated heterocycles. The molecule has 0 unspecified atom stereocenters. The normalized spacial score (nSPS) is 21.6. The number of amides is 2. The van der Waals surface area contributed by atoms with Crippen LogP contribution in [0.2, 0.25) is 0 Å². The van der Waals surface area contributed by atoms with Crippen molar-refractivity contribution in [1.29, 1.82) is 0 Å². The van der Waals surface area contributed by atoms with Gasteiger partial charge in [-0.1, -0.05) is 37.1 Å². The van der Waals surface area contributed by atoms with E-state index in [1.807, 2.05) is 0 Å². The Morgan fingerprint density at radius 2 is 1.67 bits per heavy atom. The van der Waals surface area contributed by atoms with E-state index in [1.54, 1.807) is 19.1 Å². The second kappa shape index (κ2) is 7.83. The van der Waals surface area contributed by atoms with E-state index in [0.717, 1.165) is 25.7 Å². The molecule has 6 nitrogen and oxygen atoms in total. The van der Waals surface area contributed by atoms with E-state index in [4.69, 9.17) is 0 Å². The summed E-state index contributed by atoms with van der Waals surface area (Å²) in [4.78, 5) is 26.7. The van der Waals surface area contributed by atoms with Crippen molar-refractivity contribution >= 4 is 27.5 Å². The van der Waals surface area contributed by atoms with Gasteiger partial charge in [-0.05, 0) is 49.1 Å². The molecular formula is C22H23FN2O4S. The number of hydrogen-bond acceptors (Lipinski definition) is 4. The fourth-order valence-corrected chi connectivity index (χ4v) is 5.71. The predicted octanol–water partition coefficient (Wildman–Crippen LogP) is 3.61. The van der Waals surface area contributed by atoms with Gasteiger partial charge in [0.25, 0.3) is 10.0 Å². The molecule has 0 spiro atoms. The summed E-state index contributed by atoms with van der Waals surface area (Å²) in [5.74, 6) is -1.51. The molecule has 1 saturated carbocycles. The summed E-state index contributed by atoms with van der Waals surface area (Å²) in [6.07, 6.45) is 3.35. The first-order valence-electron chi connectivity index (χ1n) is 10.00. The van der Waals surface area contributed by atoms with Gasteiger partial charge in [-0.15, -0.1) is 0 Å². The Kier molecular flexibility index (Phi) is 5.36. The summed E-state index contributed by atoms with van der Waals surface area (Å²) < 4.78 is 41.9. The number of para-hydroxylation sites is 1. The lowest BCUT2D eigenvalue weighted by Crippen LogP contribution is -2.30. The van der Waals surface area contributed by atoms with Crippen molar-refractivity contribution in [3.05, 3.63) is 59.4 Å². The molecule has 158 valence electrons. The standard InChI is InChI=1S/C22H23FN2O4S/c1-14-10-11-15(13-25-21(26)16-6-2-3-7-17(16)22(25)27)12-20(14)30(28,29)24-19-9-5-4-8-18(19)23/h4-5,8-12,16-17,24H,2-3,6-7,13H2,1H3/t16-,17-/m0/s1. The monoisotopic (exact) mass is 430 g/mol. The van der Waals surface area contributed by atoms with Crippen molar-refractivity contribution in [2.45, 2.75) is 44.0 Å². The van der Waals surface area contributed by atoms with Gasteiger partial charge in [0, 0.05) is 0 Å². The Morgan fingerprint density at radius 3 is 2.30 bits per heavy atom. The van der Waals surface area contributed by atoms with Crippen LogP contribution < -0.4 is 4.72 Å². The van der Waals surface area contributed by atoms with Crippen LogP contribution in [0.15, 0.2) is 47.4 Å². The second-order valence-electron chi connectivity index (χ2n) is 7.95. The average Bonchev–Trinajstić information content (AvgIpc) is 2.96. The molecule has 1 aliphatic heterocycles. The van der Waals surface area contributed by atoms with Crippen LogP contribution in [-0.2, 0) is 26.2 Å². The lowest BCUT2D eigenvalue weighted by molar-refractivity contribution is -0.140. The van der Waals surface area contributed by atoms with Crippen LogP contribution in [0.25, 0.3) is 0 Å². The van der Waals surface area contributed by atoms with Crippen LogP contribution in [0.5, 0.6) is 0 Å². The second-order valence-corrected chi connectivity index (χ2v) is 9.60. The number of halogens is 1. The molecule has 2 aromatic carbocycles. The highest BCUT2D eigenvalue weighted by Crippen LogP contribution is 2.38. The van der Waals surface area contributed by atoms with E-state index in [-0.39, 0.29) is 40.8 Å². The largest absolute Gasteiger partial charge is 0.278 e. The number of carbonyl (C=O) groups is 2. The highest BCUT2D eigenvalue weighted by atomic mass is 32.2. The van der Waals surface area contributed by atoms with E-state index in [1.165, 1.54) is 35.2 Å². The summed E-state index contributed by atoms with van der Waals surface area (Å²) in [6, 6.07) is 10.3. The van der Waals surface area contributed by atoms with Gasteiger partial charge in [0.2, 0.25) is 11.8 Å². The van der Waals surface area contributed by atoms with Crippen LogP contribution in [0.4, 0.5) is 10.1 Å². The van der Waals surface area contributed by atoms with Crippen LogP contribution in [0.1, 0.15) is 36.8 Å². The molecule has 2 amide bonds. The zero-order valence-corrected chi connectivity index (χ0v) is 17.4. The predicted molar refractivity (Wildman–Crippen MR) is 109 cm³/mol. The Bertz CT molecular complexity index is 1090. The van der Waals surface area contributed by atoms with Crippen LogP contribution in [-0.4, -0.2) is 25.1 Å². The van der Waals surface area contributed by atoms with Gasteiger partial charge in [-0.3, -0.25) is 19.2 Å². The molecule has 1 N–H and O–H groups in total. The first-order valence-corrected chi connectivity index (χ1v) is 11.5. The summed E-state index contributed by atoms with van der Waals surface area (Å²) in [6.45, 7) is 1.67. The van der Waals surface area contributed by atoms with E-state index in [0.29, 0.717) is 11.1 Å². The molecule has 0 bridgehead atoms. The minimum atomic E-state index is -4.05. The highest BCUT2D eigenvalue weighted by Gasteiger charge is 2.47. The van der Waals surface area contributed by atoms with Gasteiger partial charge < -0.3 is 0 Å². The Morgan fingerprint density at radius 1 is 1.03 bits per heavy atom. The summed E-state index contributed by atoms with van der Waals surface area (Å²) in [5, 5.41) is 0. The van der Waals surface area contributed by atoms with Crippen LogP contribution >= 0.6 is 0 Å². The number of fused-ring (bicyclic) bond motifs is 1. The van der Waals surface area contributed by atoms with E-state index >= 15 is 0 Å². The SMILES string of the molecule is Cc1ccc(CN2C(=O)[C@H]3CCCC[C@@H]3C2=O)cc1S(=O)(=O)Nc1ccccc1F. The smallest absolute Gasteiger partial charge is 0.262 e. The third kappa shape index (κ3) is 3.71. The Balaban J connectivity index is 1.60. The fraction of sp³-hybridized carbons (Fsp3) is 0.364. The number of carbonyl (C=O) groups excluding carboxylic acids is 2. The number of nitrogens with zero attached hydrogens (tertiary/aromatic N) is 1. The number of imide groups is 1. The van der Waals surface area contributed by atoms with Gasteiger partial charge in [0.05, 0.1) is 29.0 Å². The molecule has 0 aromatic heterocycles. The zero-order chi connectivity index (χ0) is 21.5. The number of sulfonamides is 1. The number of aryl methyl sites for hydroxylation is 1. The maximum atomic E-state index is 13.9. The first kappa shape index (κ1) is 20.5. The van der Waals surface area contributed by atoms with Gasteiger partial charge in [0.1, 0.15) is 5.82 Å². The van der Waals surface area contributed by atoms with Crippen molar-refractivity contribution in [3.63, 3.8) is 0 Å².